The lowest BCUT2D eigenvalue weighted by Crippen LogP contribution is -2.10. The minimum Gasteiger partial charge on any atom is -0.481 e. The fourth-order valence-corrected chi connectivity index (χ4v) is 3.00. The summed E-state index contributed by atoms with van der Waals surface area (Å²) in [5.41, 5.74) is 3.58. The number of carbonyl (C=O) groups is 1. The van der Waals surface area contributed by atoms with Crippen molar-refractivity contribution in [3.63, 3.8) is 0 Å². The first-order chi connectivity index (χ1) is 10.3. The standard InChI is InChI=1S/C19H22O2S/c1-19(2,3)16-8-10-17(11-9-16)22-13-15-6-4-14(5-7-15)12-18(20)21/h4-11H,12-13H2,1-3H3,(H,20,21). The van der Waals surface area contributed by atoms with Crippen LogP contribution in [0, 0.1) is 0 Å². The van der Waals surface area contributed by atoms with Crippen LogP contribution in [0.15, 0.2) is 53.4 Å². The Morgan fingerprint density at radius 1 is 0.955 bits per heavy atom. The van der Waals surface area contributed by atoms with Crippen LogP contribution in [0.2, 0.25) is 0 Å². The minimum atomic E-state index is -0.791. The lowest BCUT2D eigenvalue weighted by atomic mass is 9.87. The van der Waals surface area contributed by atoms with Gasteiger partial charge in [-0.25, -0.2) is 0 Å². The second kappa shape index (κ2) is 7.01. The van der Waals surface area contributed by atoms with Gasteiger partial charge in [-0.05, 0) is 34.2 Å². The molecule has 22 heavy (non-hydrogen) atoms. The van der Waals surface area contributed by atoms with E-state index in [0.29, 0.717) is 0 Å². The summed E-state index contributed by atoms with van der Waals surface area (Å²) in [7, 11) is 0. The molecule has 2 rings (SSSR count). The highest BCUT2D eigenvalue weighted by Gasteiger charge is 2.12. The Balaban J connectivity index is 1.94. The Bertz CT molecular complexity index is 622. The van der Waals surface area contributed by atoms with Crippen molar-refractivity contribution < 1.29 is 9.90 Å². The zero-order chi connectivity index (χ0) is 16.2. The number of carboxylic acids is 1. The SMILES string of the molecule is CC(C)(C)c1ccc(SCc2ccc(CC(=O)O)cc2)cc1. The summed E-state index contributed by atoms with van der Waals surface area (Å²) in [4.78, 5) is 11.9. The van der Waals surface area contributed by atoms with Crippen molar-refractivity contribution in [3.8, 4) is 0 Å². The quantitative estimate of drug-likeness (QED) is 0.797. The monoisotopic (exact) mass is 314 g/mol. The van der Waals surface area contributed by atoms with Gasteiger partial charge in [0.2, 0.25) is 0 Å². The molecular weight excluding hydrogens is 292 g/mol. The summed E-state index contributed by atoms with van der Waals surface area (Å²) < 4.78 is 0. The van der Waals surface area contributed by atoms with E-state index < -0.39 is 5.97 Å². The van der Waals surface area contributed by atoms with Crippen molar-refractivity contribution in [2.45, 2.75) is 43.3 Å². The molecule has 0 atom stereocenters. The highest BCUT2D eigenvalue weighted by Crippen LogP contribution is 2.27. The van der Waals surface area contributed by atoms with E-state index in [9.17, 15) is 4.79 Å². The zero-order valence-electron chi connectivity index (χ0n) is 13.3. The second-order valence-electron chi connectivity index (χ2n) is 6.45. The molecule has 0 aromatic heterocycles. The van der Waals surface area contributed by atoms with E-state index in [1.807, 2.05) is 24.3 Å². The predicted molar refractivity (Wildman–Crippen MR) is 92.5 cm³/mol. The van der Waals surface area contributed by atoms with Crippen molar-refractivity contribution >= 4 is 17.7 Å². The smallest absolute Gasteiger partial charge is 0.307 e. The van der Waals surface area contributed by atoms with Crippen molar-refractivity contribution in [1.29, 1.82) is 0 Å². The lowest BCUT2D eigenvalue weighted by Gasteiger charge is -2.19. The molecule has 0 fully saturated rings. The van der Waals surface area contributed by atoms with Crippen molar-refractivity contribution in [3.05, 3.63) is 65.2 Å². The van der Waals surface area contributed by atoms with Crippen LogP contribution in [-0.4, -0.2) is 11.1 Å². The minimum absolute atomic E-state index is 0.0850. The molecule has 0 bridgehead atoms. The summed E-state index contributed by atoms with van der Waals surface area (Å²) >= 11 is 1.80. The van der Waals surface area contributed by atoms with Crippen LogP contribution < -0.4 is 0 Å². The molecule has 0 aliphatic carbocycles. The highest BCUT2D eigenvalue weighted by atomic mass is 32.2. The Hall–Kier alpha value is -1.74. The number of thioether (sulfide) groups is 1. The van der Waals surface area contributed by atoms with Gasteiger partial charge in [0.25, 0.3) is 0 Å². The molecule has 2 aromatic carbocycles. The van der Waals surface area contributed by atoms with Crippen LogP contribution in [0.3, 0.4) is 0 Å². The van der Waals surface area contributed by atoms with E-state index in [1.165, 1.54) is 16.0 Å². The molecule has 2 aromatic rings. The van der Waals surface area contributed by atoms with Gasteiger partial charge in [0.15, 0.2) is 0 Å². The topological polar surface area (TPSA) is 37.3 Å². The fourth-order valence-electron chi connectivity index (χ4n) is 2.15. The van der Waals surface area contributed by atoms with Gasteiger partial charge in [-0.2, -0.15) is 0 Å². The number of rotatable bonds is 5. The van der Waals surface area contributed by atoms with Crippen LogP contribution in [-0.2, 0) is 22.4 Å². The average molecular weight is 314 g/mol. The van der Waals surface area contributed by atoms with Gasteiger partial charge in [-0.1, -0.05) is 57.2 Å². The first-order valence-corrected chi connectivity index (χ1v) is 8.36. The first kappa shape index (κ1) is 16.6. The van der Waals surface area contributed by atoms with Gasteiger partial charge in [0.05, 0.1) is 6.42 Å². The van der Waals surface area contributed by atoms with Crippen LogP contribution >= 0.6 is 11.8 Å². The maximum absolute atomic E-state index is 10.7. The van der Waals surface area contributed by atoms with E-state index in [2.05, 4.69) is 45.0 Å². The predicted octanol–water partition coefficient (Wildman–Crippen LogP) is 4.90. The molecule has 0 aliphatic rings. The second-order valence-corrected chi connectivity index (χ2v) is 7.50. The van der Waals surface area contributed by atoms with Gasteiger partial charge in [-0.15, -0.1) is 11.8 Å². The number of carboxylic acid groups (broad SMARTS) is 1. The Morgan fingerprint density at radius 2 is 1.50 bits per heavy atom. The summed E-state index contributed by atoms with van der Waals surface area (Å²) in [6, 6.07) is 16.5. The maximum Gasteiger partial charge on any atom is 0.307 e. The molecule has 1 N–H and O–H groups in total. The largest absolute Gasteiger partial charge is 0.481 e. The lowest BCUT2D eigenvalue weighted by molar-refractivity contribution is -0.136. The number of benzene rings is 2. The third kappa shape index (κ3) is 4.92. The molecule has 0 aliphatic heterocycles. The van der Waals surface area contributed by atoms with Crippen LogP contribution in [0.5, 0.6) is 0 Å². The molecule has 0 saturated heterocycles. The Kier molecular flexibility index (Phi) is 5.30. The van der Waals surface area contributed by atoms with Gasteiger partial charge >= 0.3 is 5.97 Å². The van der Waals surface area contributed by atoms with E-state index in [4.69, 9.17) is 5.11 Å². The number of hydrogen-bond donors (Lipinski definition) is 1. The van der Waals surface area contributed by atoms with Gasteiger partial charge < -0.3 is 5.11 Å². The zero-order valence-corrected chi connectivity index (χ0v) is 14.1. The van der Waals surface area contributed by atoms with E-state index in [1.54, 1.807) is 11.8 Å². The molecule has 0 unspecified atom stereocenters. The Morgan fingerprint density at radius 3 is 2.00 bits per heavy atom. The maximum atomic E-state index is 10.7. The highest BCUT2D eigenvalue weighted by molar-refractivity contribution is 7.98. The Labute approximate surface area is 136 Å². The van der Waals surface area contributed by atoms with Crippen molar-refractivity contribution in [2.24, 2.45) is 0 Å². The van der Waals surface area contributed by atoms with Gasteiger partial charge in [0.1, 0.15) is 0 Å². The third-order valence-corrected chi connectivity index (χ3v) is 4.59. The molecule has 116 valence electrons. The third-order valence-electron chi connectivity index (χ3n) is 3.50. The molecule has 0 heterocycles. The van der Waals surface area contributed by atoms with Crippen LogP contribution in [0.1, 0.15) is 37.5 Å². The normalized spacial score (nSPS) is 11.4. The molecule has 2 nitrogen and oxygen atoms in total. The van der Waals surface area contributed by atoms with Crippen LogP contribution in [0.25, 0.3) is 0 Å². The fraction of sp³-hybridized carbons (Fsp3) is 0.316. The summed E-state index contributed by atoms with van der Waals surface area (Å²) in [6.07, 6.45) is 0.0850. The van der Waals surface area contributed by atoms with E-state index in [-0.39, 0.29) is 11.8 Å². The molecule has 0 saturated carbocycles. The van der Waals surface area contributed by atoms with E-state index >= 15 is 0 Å². The number of aliphatic carboxylic acids is 1. The van der Waals surface area contributed by atoms with Crippen molar-refractivity contribution in [2.75, 3.05) is 0 Å². The van der Waals surface area contributed by atoms with Gasteiger partial charge in [0, 0.05) is 10.6 Å². The first-order valence-electron chi connectivity index (χ1n) is 7.37. The van der Waals surface area contributed by atoms with Crippen LogP contribution in [0.4, 0.5) is 0 Å². The molecule has 3 heteroatoms. The number of hydrogen-bond acceptors (Lipinski definition) is 2. The summed E-state index contributed by atoms with van der Waals surface area (Å²) in [5.74, 6) is 0.100. The molecule has 0 radical (unpaired) electrons. The molecular formula is C19H22O2S. The summed E-state index contributed by atoms with van der Waals surface area (Å²) in [5, 5.41) is 8.76. The molecule has 0 amide bonds. The average Bonchev–Trinajstić information content (AvgIpc) is 2.45. The molecule has 0 spiro atoms. The summed E-state index contributed by atoms with van der Waals surface area (Å²) in [6.45, 7) is 6.65. The van der Waals surface area contributed by atoms with Gasteiger partial charge in [-0.3, -0.25) is 4.79 Å². The van der Waals surface area contributed by atoms with Crippen molar-refractivity contribution in [1.82, 2.24) is 0 Å². The van der Waals surface area contributed by atoms with E-state index in [0.717, 1.165) is 11.3 Å².